The van der Waals surface area contributed by atoms with Gasteiger partial charge in [-0.15, -0.1) is 0 Å². The van der Waals surface area contributed by atoms with Gasteiger partial charge in [-0.2, -0.15) is 5.10 Å². The summed E-state index contributed by atoms with van der Waals surface area (Å²) < 4.78 is 2.59. The quantitative estimate of drug-likeness (QED) is 0.855. The van der Waals surface area contributed by atoms with E-state index in [1.807, 2.05) is 30.4 Å². The van der Waals surface area contributed by atoms with E-state index in [-0.39, 0.29) is 5.91 Å². The van der Waals surface area contributed by atoms with Crippen molar-refractivity contribution in [3.8, 4) is 0 Å². The monoisotopic (exact) mass is 358 g/mol. The van der Waals surface area contributed by atoms with E-state index < -0.39 is 5.41 Å². The Balaban J connectivity index is 1.69. The van der Waals surface area contributed by atoms with E-state index in [2.05, 4.69) is 41.4 Å². The Kier molecular flexibility index (Phi) is 4.82. The molecule has 0 bridgehead atoms. The summed E-state index contributed by atoms with van der Waals surface area (Å²) in [6.45, 7) is 7.62. The molecule has 5 nitrogen and oxygen atoms in total. The Hall–Kier alpha value is -1.95. The Morgan fingerprint density at radius 2 is 1.84 bits per heavy atom. The van der Waals surface area contributed by atoms with Gasteiger partial charge in [0.25, 0.3) is 0 Å². The molecule has 0 aliphatic carbocycles. The number of aryl methyl sites for hydroxylation is 1. The molecule has 0 saturated carbocycles. The fourth-order valence-electron chi connectivity index (χ4n) is 3.55. The van der Waals surface area contributed by atoms with Crippen molar-refractivity contribution in [3.63, 3.8) is 0 Å². The molecule has 0 atom stereocenters. The van der Waals surface area contributed by atoms with Crippen LogP contribution in [0.5, 0.6) is 0 Å². The molecule has 0 spiro atoms. The standard InChI is InChI=1S/C19H26N4OS/c1-13-5-7-15(8-6-13)19(2,3)17(24)23-11-9-14(10-12-23)16-20-21-18(25)22(16)4/h5-8,14H,9-12H2,1-4H3,(H,21,25). The maximum atomic E-state index is 13.1. The number of hydrogen-bond donors (Lipinski definition) is 1. The lowest BCUT2D eigenvalue weighted by Crippen LogP contribution is -2.47. The molecule has 0 radical (unpaired) electrons. The lowest BCUT2D eigenvalue weighted by molar-refractivity contribution is -0.137. The predicted octanol–water partition coefficient (Wildman–Crippen LogP) is 3.47. The second-order valence-electron chi connectivity index (χ2n) is 7.50. The van der Waals surface area contributed by atoms with Crippen LogP contribution in [-0.2, 0) is 17.3 Å². The van der Waals surface area contributed by atoms with E-state index >= 15 is 0 Å². The number of nitrogens with one attached hydrogen (secondary N) is 1. The van der Waals surface area contributed by atoms with Gasteiger partial charge in [-0.3, -0.25) is 9.89 Å². The van der Waals surface area contributed by atoms with E-state index in [0.717, 1.165) is 37.3 Å². The van der Waals surface area contributed by atoms with E-state index in [1.54, 1.807) is 0 Å². The molecular weight excluding hydrogens is 332 g/mol. The van der Waals surface area contributed by atoms with Gasteiger partial charge in [-0.25, -0.2) is 0 Å². The van der Waals surface area contributed by atoms with Crippen LogP contribution in [0.25, 0.3) is 0 Å². The number of rotatable bonds is 3. The largest absolute Gasteiger partial charge is 0.342 e. The first-order valence-electron chi connectivity index (χ1n) is 8.78. The maximum absolute atomic E-state index is 13.1. The van der Waals surface area contributed by atoms with Gasteiger partial charge in [0.2, 0.25) is 5.91 Å². The number of aromatic nitrogens is 3. The van der Waals surface area contributed by atoms with Crippen LogP contribution in [-0.4, -0.2) is 38.7 Å². The highest BCUT2D eigenvalue weighted by atomic mass is 32.1. The number of carbonyl (C=O) groups is 1. The molecule has 1 amide bonds. The van der Waals surface area contributed by atoms with Crippen LogP contribution in [0, 0.1) is 11.7 Å². The van der Waals surface area contributed by atoms with Crippen molar-refractivity contribution in [1.29, 1.82) is 0 Å². The second kappa shape index (κ2) is 6.75. The zero-order valence-corrected chi connectivity index (χ0v) is 16.2. The topological polar surface area (TPSA) is 53.9 Å². The SMILES string of the molecule is Cc1ccc(C(C)(C)C(=O)N2CCC(c3n[nH]c(=S)n3C)CC2)cc1. The van der Waals surface area contributed by atoms with Gasteiger partial charge in [-0.05, 0) is 51.4 Å². The van der Waals surface area contributed by atoms with Gasteiger partial charge in [0.15, 0.2) is 4.77 Å². The summed E-state index contributed by atoms with van der Waals surface area (Å²) in [5.74, 6) is 1.55. The molecule has 1 aromatic carbocycles. The lowest BCUT2D eigenvalue weighted by Gasteiger charge is -2.37. The summed E-state index contributed by atoms with van der Waals surface area (Å²) in [6, 6.07) is 8.27. The van der Waals surface area contributed by atoms with Crippen LogP contribution in [0.4, 0.5) is 0 Å². The van der Waals surface area contributed by atoms with Crippen LogP contribution in [0.2, 0.25) is 0 Å². The summed E-state index contributed by atoms with van der Waals surface area (Å²) in [5, 5.41) is 7.21. The second-order valence-corrected chi connectivity index (χ2v) is 7.89. The fraction of sp³-hybridized carbons (Fsp3) is 0.526. The van der Waals surface area contributed by atoms with Crippen LogP contribution >= 0.6 is 12.2 Å². The zero-order valence-electron chi connectivity index (χ0n) is 15.4. The number of piperidine rings is 1. The highest BCUT2D eigenvalue weighted by Crippen LogP contribution is 2.31. The molecule has 25 heavy (non-hydrogen) atoms. The third-order valence-electron chi connectivity index (χ3n) is 5.37. The van der Waals surface area contributed by atoms with Crippen molar-refractivity contribution in [2.24, 2.45) is 7.05 Å². The molecule has 1 aromatic heterocycles. The molecule has 1 aliphatic heterocycles. The van der Waals surface area contributed by atoms with Gasteiger partial charge in [0.05, 0.1) is 5.41 Å². The average molecular weight is 359 g/mol. The molecule has 134 valence electrons. The maximum Gasteiger partial charge on any atom is 0.232 e. The predicted molar refractivity (Wildman–Crippen MR) is 101 cm³/mol. The van der Waals surface area contributed by atoms with Gasteiger partial charge in [0, 0.05) is 26.1 Å². The van der Waals surface area contributed by atoms with Gasteiger partial charge in [0.1, 0.15) is 5.82 Å². The first-order chi connectivity index (χ1) is 11.8. The summed E-state index contributed by atoms with van der Waals surface area (Å²) in [5.41, 5.74) is 1.77. The molecule has 3 rings (SSSR count). The number of benzene rings is 1. The first-order valence-corrected chi connectivity index (χ1v) is 9.19. The van der Waals surface area contributed by atoms with Crippen molar-refractivity contribution in [2.75, 3.05) is 13.1 Å². The summed E-state index contributed by atoms with van der Waals surface area (Å²) >= 11 is 5.20. The van der Waals surface area contributed by atoms with Crippen LogP contribution in [0.1, 0.15) is 49.6 Å². The number of amides is 1. The Bertz CT molecular complexity index is 811. The van der Waals surface area contributed by atoms with Crippen molar-refractivity contribution in [3.05, 3.63) is 46.0 Å². The Labute approximate surface area is 154 Å². The molecule has 1 fully saturated rings. The summed E-state index contributed by atoms with van der Waals surface area (Å²) in [4.78, 5) is 15.1. The molecular formula is C19H26N4OS. The number of carbonyl (C=O) groups excluding carboxylic acids is 1. The van der Waals surface area contributed by atoms with E-state index in [9.17, 15) is 4.79 Å². The normalized spacial score (nSPS) is 16.2. The smallest absolute Gasteiger partial charge is 0.232 e. The minimum Gasteiger partial charge on any atom is -0.342 e. The van der Waals surface area contributed by atoms with E-state index in [0.29, 0.717) is 10.7 Å². The number of likely N-dealkylation sites (tertiary alicyclic amines) is 1. The van der Waals surface area contributed by atoms with Crippen LogP contribution in [0.15, 0.2) is 24.3 Å². The molecule has 2 heterocycles. The minimum atomic E-state index is -0.509. The van der Waals surface area contributed by atoms with Crippen molar-refractivity contribution >= 4 is 18.1 Å². The Morgan fingerprint density at radius 1 is 1.24 bits per heavy atom. The summed E-state index contributed by atoms with van der Waals surface area (Å²) in [6.07, 6.45) is 1.84. The molecule has 6 heteroatoms. The van der Waals surface area contributed by atoms with Crippen molar-refractivity contribution in [2.45, 2.75) is 44.9 Å². The van der Waals surface area contributed by atoms with Crippen LogP contribution in [0.3, 0.4) is 0 Å². The fourth-order valence-corrected chi connectivity index (χ4v) is 3.69. The van der Waals surface area contributed by atoms with Gasteiger partial charge in [-0.1, -0.05) is 29.8 Å². The third kappa shape index (κ3) is 3.40. The van der Waals surface area contributed by atoms with Crippen molar-refractivity contribution < 1.29 is 4.79 Å². The molecule has 1 N–H and O–H groups in total. The molecule has 1 saturated heterocycles. The van der Waals surface area contributed by atoms with Gasteiger partial charge >= 0.3 is 0 Å². The molecule has 1 aliphatic rings. The van der Waals surface area contributed by atoms with Gasteiger partial charge < -0.3 is 9.47 Å². The first kappa shape index (κ1) is 17.9. The average Bonchev–Trinajstić information content (AvgIpc) is 2.94. The number of H-pyrrole nitrogens is 1. The number of hydrogen-bond acceptors (Lipinski definition) is 3. The third-order valence-corrected chi connectivity index (χ3v) is 5.73. The highest BCUT2D eigenvalue weighted by Gasteiger charge is 2.36. The van der Waals surface area contributed by atoms with Crippen LogP contribution < -0.4 is 0 Å². The summed E-state index contributed by atoms with van der Waals surface area (Å²) in [7, 11) is 1.94. The number of nitrogens with zero attached hydrogens (tertiary/aromatic N) is 3. The zero-order chi connectivity index (χ0) is 18.2. The van der Waals surface area contributed by atoms with E-state index in [1.165, 1.54) is 5.56 Å². The van der Waals surface area contributed by atoms with E-state index in [4.69, 9.17) is 12.2 Å². The highest BCUT2D eigenvalue weighted by molar-refractivity contribution is 7.71. The Morgan fingerprint density at radius 3 is 2.36 bits per heavy atom. The minimum absolute atomic E-state index is 0.199. The molecule has 2 aromatic rings. The van der Waals surface area contributed by atoms with Crippen molar-refractivity contribution in [1.82, 2.24) is 19.7 Å². The lowest BCUT2D eigenvalue weighted by atomic mass is 9.82. The number of aromatic amines is 1. The molecule has 0 unspecified atom stereocenters.